The summed E-state index contributed by atoms with van der Waals surface area (Å²) in [6, 6.07) is -0.867. The van der Waals surface area contributed by atoms with Crippen LogP contribution in [0.15, 0.2) is 12.2 Å². The monoisotopic (exact) mass is 766 g/mol. The van der Waals surface area contributed by atoms with Gasteiger partial charge >= 0.3 is 10.4 Å². The molecule has 0 aromatic heterocycles. The molecule has 0 radical (unpaired) electrons. The summed E-state index contributed by atoms with van der Waals surface area (Å²) in [5.41, 5.74) is 0. The van der Waals surface area contributed by atoms with Gasteiger partial charge in [-0.3, -0.25) is 9.35 Å². The quantitative estimate of drug-likeness (QED) is 0.0229. The maximum absolute atomic E-state index is 12.9. The lowest BCUT2D eigenvalue weighted by Gasteiger charge is -2.41. The minimum atomic E-state index is -5.07. The largest absolute Gasteiger partial charge is 0.397 e. The van der Waals surface area contributed by atoms with Gasteiger partial charge in [0.05, 0.1) is 25.4 Å². The van der Waals surface area contributed by atoms with Gasteiger partial charge in [-0.15, -0.1) is 0 Å². The average Bonchev–Trinajstić information content (AvgIpc) is 3.11. The highest BCUT2D eigenvalue weighted by atomic mass is 32.3. The number of carbonyl (C=O) groups is 1. The third-order valence-corrected chi connectivity index (χ3v) is 10.3. The molecule has 13 heteroatoms. The van der Waals surface area contributed by atoms with Crippen molar-refractivity contribution in [3.05, 3.63) is 12.2 Å². The first-order valence-corrected chi connectivity index (χ1v) is 21.9. The topological polar surface area (TPSA) is 192 Å². The third kappa shape index (κ3) is 24.3. The summed E-state index contributed by atoms with van der Waals surface area (Å²) in [6.45, 7) is 3.37. The lowest BCUT2D eigenvalue weighted by Crippen LogP contribution is -2.61. The van der Waals surface area contributed by atoms with E-state index in [2.05, 4.69) is 35.5 Å². The van der Waals surface area contributed by atoms with Crippen molar-refractivity contribution in [1.82, 2.24) is 5.32 Å². The highest BCUT2D eigenvalue weighted by molar-refractivity contribution is 7.80. The first kappa shape index (κ1) is 48.9. The molecule has 0 bridgehead atoms. The van der Waals surface area contributed by atoms with Crippen molar-refractivity contribution in [1.29, 1.82) is 0 Å². The second-order valence-electron chi connectivity index (χ2n) is 14.6. The molecule has 0 spiro atoms. The molecule has 52 heavy (non-hydrogen) atoms. The zero-order valence-corrected chi connectivity index (χ0v) is 33.2. The number of aliphatic hydroxyl groups excluding tert-OH is 4. The van der Waals surface area contributed by atoms with Gasteiger partial charge in [0.15, 0.2) is 6.29 Å². The maximum Gasteiger partial charge on any atom is 0.397 e. The molecule has 1 amide bonds. The van der Waals surface area contributed by atoms with E-state index < -0.39 is 59.9 Å². The number of hydrogen-bond donors (Lipinski definition) is 6. The summed E-state index contributed by atoms with van der Waals surface area (Å²) in [5.74, 6) is -0.266. The number of rotatable bonds is 34. The van der Waals surface area contributed by atoms with E-state index in [4.69, 9.17) is 14.0 Å². The maximum atomic E-state index is 12.9. The zero-order chi connectivity index (χ0) is 38.5. The fraction of sp³-hybridized carbons (Fsp3) is 0.923. The van der Waals surface area contributed by atoms with Crippen molar-refractivity contribution in [2.75, 3.05) is 13.2 Å². The van der Waals surface area contributed by atoms with Crippen LogP contribution in [0.2, 0.25) is 0 Å². The Labute approximate surface area is 315 Å². The van der Waals surface area contributed by atoms with Crippen LogP contribution in [-0.2, 0) is 28.9 Å². The second-order valence-corrected chi connectivity index (χ2v) is 15.6. The molecule has 6 N–H and O–H groups in total. The Bertz CT molecular complexity index is 999. The van der Waals surface area contributed by atoms with E-state index in [0.717, 1.165) is 44.9 Å². The Kier molecular flexibility index (Phi) is 29.2. The molecule has 1 fully saturated rings. The minimum absolute atomic E-state index is 0.244. The van der Waals surface area contributed by atoms with Crippen molar-refractivity contribution in [2.45, 2.75) is 217 Å². The fourth-order valence-corrected chi connectivity index (χ4v) is 7.09. The van der Waals surface area contributed by atoms with Crippen LogP contribution in [0.3, 0.4) is 0 Å². The third-order valence-electron chi connectivity index (χ3n) is 9.82. The molecule has 1 aliphatic heterocycles. The lowest BCUT2D eigenvalue weighted by atomic mass is 9.99. The Balaban J connectivity index is 2.55. The molecular weight excluding hydrogens is 690 g/mol. The second kappa shape index (κ2) is 31.1. The highest BCUT2D eigenvalue weighted by Gasteiger charge is 2.48. The molecule has 1 aliphatic rings. The van der Waals surface area contributed by atoms with Crippen molar-refractivity contribution in [3.63, 3.8) is 0 Å². The zero-order valence-electron chi connectivity index (χ0n) is 32.4. The van der Waals surface area contributed by atoms with Gasteiger partial charge in [-0.25, -0.2) is 4.18 Å². The van der Waals surface area contributed by atoms with Gasteiger partial charge in [-0.2, -0.15) is 8.42 Å². The van der Waals surface area contributed by atoms with Crippen LogP contribution in [-0.4, -0.2) is 95.4 Å². The van der Waals surface area contributed by atoms with Gasteiger partial charge in [0, 0.05) is 6.42 Å². The summed E-state index contributed by atoms with van der Waals surface area (Å²) in [7, 11) is -5.07. The van der Waals surface area contributed by atoms with Crippen molar-refractivity contribution in [2.24, 2.45) is 0 Å². The van der Waals surface area contributed by atoms with Gasteiger partial charge in [0.25, 0.3) is 0 Å². The molecule has 0 saturated carbocycles. The summed E-state index contributed by atoms with van der Waals surface area (Å²) in [6.07, 6.45) is 22.4. The van der Waals surface area contributed by atoms with Crippen LogP contribution in [0, 0.1) is 0 Å². The summed E-state index contributed by atoms with van der Waals surface area (Å²) >= 11 is 0. The highest BCUT2D eigenvalue weighted by Crippen LogP contribution is 2.26. The van der Waals surface area contributed by atoms with Gasteiger partial charge in [-0.1, -0.05) is 148 Å². The van der Waals surface area contributed by atoms with Crippen molar-refractivity contribution in [3.8, 4) is 0 Å². The standard InChI is InChI=1S/C39H75NO11S/c1-3-5-7-9-11-13-14-15-16-17-18-19-21-22-24-26-28-33(42)32(40-35(43)29-27-25-23-20-12-10-8-6-4-2)31-49-39-37(45)38(51-52(46,47)48)36(44)34(30-41)50-39/h20,23,32-34,36-39,41-42,44-45H,3-19,21-22,24-31H2,1-2H3,(H,40,43)(H,46,47,48)/b23-20-. The predicted octanol–water partition coefficient (Wildman–Crippen LogP) is 6.82. The Morgan fingerprint density at radius 2 is 1.23 bits per heavy atom. The van der Waals surface area contributed by atoms with E-state index in [9.17, 15) is 33.6 Å². The Morgan fingerprint density at radius 1 is 0.750 bits per heavy atom. The number of nitrogens with one attached hydrogen (secondary N) is 1. The number of ether oxygens (including phenoxy) is 2. The van der Waals surface area contributed by atoms with E-state index in [1.807, 2.05) is 0 Å². The molecule has 308 valence electrons. The van der Waals surface area contributed by atoms with Gasteiger partial charge in [-0.05, 0) is 32.1 Å². The lowest BCUT2D eigenvalue weighted by molar-refractivity contribution is -0.298. The number of carbonyl (C=O) groups excluding carboxylic acids is 1. The predicted molar refractivity (Wildman–Crippen MR) is 204 cm³/mol. The molecule has 1 saturated heterocycles. The number of amides is 1. The van der Waals surface area contributed by atoms with E-state index >= 15 is 0 Å². The van der Waals surface area contributed by atoms with E-state index in [1.165, 1.54) is 96.3 Å². The molecule has 0 aromatic carbocycles. The van der Waals surface area contributed by atoms with Crippen LogP contribution in [0.25, 0.3) is 0 Å². The van der Waals surface area contributed by atoms with Gasteiger partial charge in [0.1, 0.15) is 24.4 Å². The van der Waals surface area contributed by atoms with E-state index in [1.54, 1.807) is 0 Å². The SMILES string of the molecule is CCCCCC/C=C\CCCC(=O)NC(COC1OC(CO)C(O)C(OS(=O)(=O)O)C1O)C(O)CCCCCCCCCCCCCCCCCC. The molecule has 12 nitrogen and oxygen atoms in total. The summed E-state index contributed by atoms with van der Waals surface area (Å²) in [4.78, 5) is 12.9. The van der Waals surface area contributed by atoms with Gasteiger partial charge < -0.3 is 35.2 Å². The van der Waals surface area contributed by atoms with Crippen molar-refractivity contribution >= 4 is 16.3 Å². The smallest absolute Gasteiger partial charge is 0.394 e. The fourth-order valence-electron chi connectivity index (χ4n) is 6.58. The molecule has 7 unspecified atom stereocenters. The molecule has 1 heterocycles. The Hall–Kier alpha value is -1.16. The normalized spacial score (nSPS) is 22.2. The molecule has 1 rings (SSSR count). The number of aliphatic hydroxyl groups is 4. The van der Waals surface area contributed by atoms with Crippen LogP contribution < -0.4 is 5.32 Å². The van der Waals surface area contributed by atoms with Crippen LogP contribution in [0.1, 0.15) is 174 Å². The van der Waals surface area contributed by atoms with Gasteiger partial charge in [0.2, 0.25) is 5.91 Å². The van der Waals surface area contributed by atoms with E-state index in [-0.39, 0.29) is 18.9 Å². The molecule has 0 aromatic rings. The first-order chi connectivity index (χ1) is 25.0. The molecule has 0 aliphatic carbocycles. The number of hydrogen-bond acceptors (Lipinski definition) is 10. The van der Waals surface area contributed by atoms with Crippen LogP contribution >= 0.6 is 0 Å². The molecular formula is C39H75NO11S. The van der Waals surface area contributed by atoms with Crippen LogP contribution in [0.5, 0.6) is 0 Å². The molecule has 7 atom stereocenters. The Morgan fingerprint density at radius 3 is 1.73 bits per heavy atom. The van der Waals surface area contributed by atoms with E-state index in [0.29, 0.717) is 12.8 Å². The summed E-state index contributed by atoms with van der Waals surface area (Å²) in [5, 5.41) is 44.6. The first-order valence-electron chi connectivity index (χ1n) is 20.6. The number of allylic oxidation sites excluding steroid dienone is 2. The summed E-state index contributed by atoms with van der Waals surface area (Å²) < 4.78 is 47.4. The van der Waals surface area contributed by atoms with Crippen molar-refractivity contribution < 1.29 is 51.8 Å². The number of unbranched alkanes of at least 4 members (excludes halogenated alkanes) is 20. The minimum Gasteiger partial charge on any atom is -0.394 e. The van der Waals surface area contributed by atoms with Crippen LogP contribution in [0.4, 0.5) is 0 Å². The average molecular weight is 766 g/mol.